The van der Waals surface area contributed by atoms with Crippen LogP contribution in [-0.2, 0) is 4.79 Å². The van der Waals surface area contributed by atoms with E-state index in [0.29, 0.717) is 15.2 Å². The molecule has 0 aliphatic rings. The van der Waals surface area contributed by atoms with E-state index in [1.807, 2.05) is 32.9 Å². The average Bonchev–Trinajstić information content (AvgIpc) is 3.11. The summed E-state index contributed by atoms with van der Waals surface area (Å²) in [5, 5.41) is 14.4. The predicted molar refractivity (Wildman–Crippen MR) is 116 cm³/mol. The number of ether oxygens (including phenoxy) is 1. The Morgan fingerprint density at radius 1 is 1.10 bits per heavy atom. The summed E-state index contributed by atoms with van der Waals surface area (Å²) in [5.41, 5.74) is 4.49. The zero-order valence-corrected chi connectivity index (χ0v) is 18.5. The van der Waals surface area contributed by atoms with Gasteiger partial charge in [-0.3, -0.25) is 4.79 Å². The number of alkyl halides is 3. The smallest absolute Gasteiger partial charge is 0.406 e. The van der Waals surface area contributed by atoms with Crippen LogP contribution in [0.25, 0.3) is 0 Å². The minimum Gasteiger partial charge on any atom is -0.406 e. The molecule has 1 amide bonds. The van der Waals surface area contributed by atoms with Crippen LogP contribution in [0, 0.1) is 20.8 Å². The molecule has 164 valence electrons. The van der Waals surface area contributed by atoms with Crippen LogP contribution in [0.4, 0.5) is 29.7 Å². The lowest BCUT2D eigenvalue weighted by Crippen LogP contribution is -2.16. The summed E-state index contributed by atoms with van der Waals surface area (Å²) >= 11 is 2.49. The number of hydrogen-bond acceptors (Lipinski definition) is 7. The summed E-state index contributed by atoms with van der Waals surface area (Å²) < 4.78 is 41.1. The molecule has 31 heavy (non-hydrogen) atoms. The van der Waals surface area contributed by atoms with Gasteiger partial charge in [-0.25, -0.2) is 0 Å². The van der Waals surface area contributed by atoms with Gasteiger partial charge in [0.25, 0.3) is 0 Å². The molecule has 1 heterocycles. The Hall–Kier alpha value is -2.79. The first kappa shape index (κ1) is 22.9. The molecular weight excluding hydrogens is 449 g/mol. The number of nitrogens with one attached hydrogen (secondary N) is 2. The quantitative estimate of drug-likeness (QED) is 0.425. The third-order valence-corrected chi connectivity index (χ3v) is 5.99. The first-order valence-electron chi connectivity index (χ1n) is 9.06. The highest BCUT2D eigenvalue weighted by molar-refractivity contribution is 8.01. The molecule has 0 atom stereocenters. The van der Waals surface area contributed by atoms with Crippen molar-refractivity contribution in [2.45, 2.75) is 31.5 Å². The highest BCUT2D eigenvalue weighted by atomic mass is 32.2. The van der Waals surface area contributed by atoms with Crippen LogP contribution in [0.2, 0.25) is 0 Å². The monoisotopic (exact) mass is 468 g/mol. The van der Waals surface area contributed by atoms with E-state index < -0.39 is 6.36 Å². The van der Waals surface area contributed by atoms with E-state index in [9.17, 15) is 18.0 Å². The van der Waals surface area contributed by atoms with E-state index in [0.717, 1.165) is 22.4 Å². The third-order valence-electron chi connectivity index (χ3n) is 4.01. The first-order chi connectivity index (χ1) is 14.6. The van der Waals surface area contributed by atoms with Gasteiger partial charge < -0.3 is 15.4 Å². The molecule has 0 aliphatic carbocycles. The van der Waals surface area contributed by atoms with Crippen LogP contribution in [-0.4, -0.2) is 28.2 Å². The van der Waals surface area contributed by atoms with Crippen molar-refractivity contribution in [3.05, 3.63) is 53.1 Å². The topological polar surface area (TPSA) is 76.1 Å². The van der Waals surface area contributed by atoms with Crippen LogP contribution in [0.3, 0.4) is 0 Å². The highest BCUT2D eigenvalue weighted by Crippen LogP contribution is 2.30. The number of carbonyl (C=O) groups is 1. The van der Waals surface area contributed by atoms with Crippen LogP contribution < -0.4 is 15.4 Å². The average molecular weight is 469 g/mol. The van der Waals surface area contributed by atoms with Gasteiger partial charge in [-0.1, -0.05) is 40.8 Å². The number of halogens is 3. The van der Waals surface area contributed by atoms with Gasteiger partial charge in [0.2, 0.25) is 11.0 Å². The van der Waals surface area contributed by atoms with Crippen LogP contribution in [0.5, 0.6) is 5.75 Å². The molecule has 0 fully saturated rings. The normalized spacial score (nSPS) is 11.3. The molecule has 2 aromatic carbocycles. The van der Waals surface area contributed by atoms with Crippen molar-refractivity contribution in [2.75, 3.05) is 16.4 Å². The van der Waals surface area contributed by atoms with E-state index in [2.05, 4.69) is 25.6 Å². The summed E-state index contributed by atoms with van der Waals surface area (Å²) in [6.07, 6.45) is -4.73. The number of rotatable bonds is 7. The molecule has 1 aromatic heterocycles. The summed E-state index contributed by atoms with van der Waals surface area (Å²) in [7, 11) is 0. The second-order valence-corrected chi connectivity index (χ2v) is 8.88. The summed E-state index contributed by atoms with van der Waals surface area (Å²) in [6, 6.07) is 9.31. The minimum absolute atomic E-state index is 0.148. The Morgan fingerprint density at radius 2 is 1.74 bits per heavy atom. The maximum Gasteiger partial charge on any atom is 0.573 e. The number of anilines is 3. The number of benzene rings is 2. The minimum atomic E-state index is -4.73. The zero-order valence-electron chi connectivity index (χ0n) is 16.8. The van der Waals surface area contributed by atoms with Crippen molar-refractivity contribution < 1.29 is 22.7 Å². The summed E-state index contributed by atoms with van der Waals surface area (Å²) in [5.74, 6) is -0.285. The number of hydrogen-bond donors (Lipinski definition) is 2. The van der Waals surface area contributed by atoms with Crippen molar-refractivity contribution in [3.63, 3.8) is 0 Å². The van der Waals surface area contributed by atoms with Gasteiger partial charge in [-0.05, 0) is 56.2 Å². The number of aromatic nitrogens is 2. The van der Waals surface area contributed by atoms with Gasteiger partial charge in [0.05, 0.1) is 5.75 Å². The van der Waals surface area contributed by atoms with Crippen molar-refractivity contribution in [2.24, 2.45) is 0 Å². The lowest BCUT2D eigenvalue weighted by atomic mass is 10.1. The molecule has 11 heteroatoms. The number of carbonyl (C=O) groups excluding carboxylic acids is 1. The lowest BCUT2D eigenvalue weighted by molar-refractivity contribution is -0.274. The van der Waals surface area contributed by atoms with E-state index in [4.69, 9.17) is 0 Å². The van der Waals surface area contributed by atoms with Crippen molar-refractivity contribution in [1.29, 1.82) is 0 Å². The SMILES string of the molecule is Cc1cc(C)c(NC(=O)CSc2nnc(Nc3ccc(OC(F)(F)F)cc3)s2)c(C)c1. The van der Waals surface area contributed by atoms with Crippen molar-refractivity contribution in [3.8, 4) is 5.75 Å². The highest BCUT2D eigenvalue weighted by Gasteiger charge is 2.30. The van der Waals surface area contributed by atoms with Crippen LogP contribution in [0.1, 0.15) is 16.7 Å². The van der Waals surface area contributed by atoms with Gasteiger partial charge in [0, 0.05) is 11.4 Å². The lowest BCUT2D eigenvalue weighted by Gasteiger charge is -2.12. The number of aryl methyl sites for hydroxylation is 3. The predicted octanol–water partition coefficient (Wildman–Crippen LogP) is 5.84. The van der Waals surface area contributed by atoms with Crippen LogP contribution >= 0.6 is 23.1 Å². The first-order valence-corrected chi connectivity index (χ1v) is 10.9. The number of amides is 1. The molecular formula is C20H19F3N4O2S2. The molecule has 0 unspecified atom stereocenters. The molecule has 0 saturated heterocycles. The largest absolute Gasteiger partial charge is 0.573 e. The van der Waals surface area contributed by atoms with E-state index in [1.54, 1.807) is 0 Å². The van der Waals surface area contributed by atoms with E-state index in [1.165, 1.54) is 47.4 Å². The van der Waals surface area contributed by atoms with Gasteiger partial charge >= 0.3 is 6.36 Å². The maximum atomic E-state index is 12.3. The standard InChI is InChI=1S/C20H19F3N4O2S2/c1-11-8-12(2)17(13(3)9-11)25-16(28)10-30-19-27-26-18(31-19)24-14-4-6-15(7-5-14)29-20(21,22)23/h4-9H,10H2,1-3H3,(H,24,26)(H,25,28). The molecule has 0 bridgehead atoms. The zero-order chi connectivity index (χ0) is 22.6. The van der Waals surface area contributed by atoms with Gasteiger partial charge in [0.1, 0.15) is 5.75 Å². The van der Waals surface area contributed by atoms with Crippen LogP contribution in [0.15, 0.2) is 40.7 Å². The second kappa shape index (κ2) is 9.56. The van der Waals surface area contributed by atoms with Gasteiger partial charge in [-0.2, -0.15) is 0 Å². The maximum absolute atomic E-state index is 12.3. The van der Waals surface area contributed by atoms with E-state index >= 15 is 0 Å². The molecule has 2 N–H and O–H groups in total. The molecule has 0 aliphatic heterocycles. The molecule has 6 nitrogen and oxygen atoms in total. The van der Waals surface area contributed by atoms with Crippen molar-refractivity contribution >= 4 is 45.5 Å². The Labute approximate surface area is 185 Å². The van der Waals surface area contributed by atoms with Gasteiger partial charge in [-0.15, -0.1) is 23.4 Å². The molecule has 0 radical (unpaired) electrons. The fourth-order valence-electron chi connectivity index (χ4n) is 2.86. The number of nitrogens with zero attached hydrogens (tertiary/aromatic N) is 2. The Kier molecular flexibility index (Phi) is 7.06. The van der Waals surface area contributed by atoms with Crippen molar-refractivity contribution in [1.82, 2.24) is 10.2 Å². The fourth-order valence-corrected chi connectivity index (χ4v) is 4.43. The molecule has 0 spiro atoms. The third kappa shape index (κ3) is 6.86. The Balaban J connectivity index is 1.53. The molecule has 0 saturated carbocycles. The molecule has 3 rings (SSSR count). The Bertz CT molecular complexity index is 1050. The Morgan fingerprint density at radius 3 is 2.35 bits per heavy atom. The van der Waals surface area contributed by atoms with E-state index in [-0.39, 0.29) is 17.4 Å². The van der Waals surface area contributed by atoms with Gasteiger partial charge in [0.15, 0.2) is 4.34 Å². The molecule has 3 aromatic rings. The number of thioether (sulfide) groups is 1. The second-order valence-electron chi connectivity index (χ2n) is 6.68. The summed E-state index contributed by atoms with van der Waals surface area (Å²) in [4.78, 5) is 12.3. The fraction of sp³-hybridized carbons (Fsp3) is 0.250. The summed E-state index contributed by atoms with van der Waals surface area (Å²) in [6.45, 7) is 5.91.